The molecule has 0 radical (unpaired) electrons. The van der Waals surface area contributed by atoms with Gasteiger partial charge in [0, 0.05) is 18.0 Å². The lowest BCUT2D eigenvalue weighted by molar-refractivity contribution is -0.147. The van der Waals surface area contributed by atoms with E-state index in [9.17, 15) is 40.5 Å². The standard InChI is InChI=1S/C26H23F6N5O4S/c1-14-18(26(30,31)32)10-33-24(41-19-7-8-20(27)34-15(19)2)22(14)23(39)35-16-5-4-6-17(9-16)42(40)36(3)21(38)11-37-12-25(28,29)13-37/h4-10H,11-13H2,1-3H3,(H,35,39). The first kappa shape index (κ1) is 31.1. The maximum absolute atomic E-state index is 13.6. The van der Waals surface area contributed by atoms with Crippen LogP contribution in [0, 0.1) is 19.8 Å². The lowest BCUT2D eigenvalue weighted by Gasteiger charge is -2.38. The number of nitrogens with one attached hydrogen (secondary N) is 1. The summed E-state index contributed by atoms with van der Waals surface area (Å²) in [5.41, 5.74) is -2.20. The van der Waals surface area contributed by atoms with Gasteiger partial charge in [0.1, 0.15) is 16.9 Å². The van der Waals surface area contributed by atoms with Crippen molar-refractivity contribution in [2.75, 3.05) is 32.0 Å². The molecule has 1 aromatic carbocycles. The zero-order valence-electron chi connectivity index (χ0n) is 22.3. The molecule has 1 saturated heterocycles. The van der Waals surface area contributed by atoms with Crippen LogP contribution in [0.15, 0.2) is 47.5 Å². The fourth-order valence-electron chi connectivity index (χ4n) is 4.08. The SMILES string of the molecule is Cc1nc(F)ccc1Oc1ncc(C(F)(F)F)c(C)c1C(=O)Nc1cccc([S+]([O-])N(C)C(=O)CN2CC(F)(F)C2)c1. The van der Waals surface area contributed by atoms with Crippen LogP contribution in [0.2, 0.25) is 0 Å². The van der Waals surface area contributed by atoms with Crippen LogP contribution in [0.4, 0.5) is 32.0 Å². The molecule has 2 amide bonds. The molecule has 1 unspecified atom stereocenters. The Bertz CT molecular complexity index is 1510. The molecule has 16 heteroatoms. The highest BCUT2D eigenvalue weighted by atomic mass is 32.2. The Hall–Kier alpha value is -3.89. The summed E-state index contributed by atoms with van der Waals surface area (Å²) >= 11 is -2.10. The van der Waals surface area contributed by atoms with Gasteiger partial charge in [-0.05, 0) is 43.7 Å². The number of likely N-dealkylation sites (N-methyl/N-ethyl adjacent to an activating group) is 1. The molecule has 0 spiro atoms. The van der Waals surface area contributed by atoms with Crippen LogP contribution < -0.4 is 10.1 Å². The Labute approximate surface area is 238 Å². The van der Waals surface area contributed by atoms with Crippen molar-refractivity contribution in [1.29, 1.82) is 0 Å². The summed E-state index contributed by atoms with van der Waals surface area (Å²) in [6.45, 7) is 0.895. The normalized spacial score (nSPS) is 15.5. The summed E-state index contributed by atoms with van der Waals surface area (Å²) in [7, 11) is 1.22. The Morgan fingerprint density at radius 3 is 2.50 bits per heavy atom. The van der Waals surface area contributed by atoms with E-state index in [1.165, 1.54) is 49.2 Å². The van der Waals surface area contributed by atoms with Crippen molar-refractivity contribution in [2.24, 2.45) is 0 Å². The van der Waals surface area contributed by atoms with Gasteiger partial charge in [-0.1, -0.05) is 6.07 Å². The molecule has 4 rings (SSSR count). The Morgan fingerprint density at radius 1 is 1.19 bits per heavy atom. The second kappa shape index (κ2) is 11.8. The molecule has 1 aliphatic heterocycles. The molecule has 1 atom stereocenters. The van der Waals surface area contributed by atoms with Crippen molar-refractivity contribution in [3.05, 3.63) is 70.9 Å². The number of hydrogen-bond donors (Lipinski definition) is 1. The third kappa shape index (κ3) is 6.94. The van der Waals surface area contributed by atoms with Crippen molar-refractivity contribution < 1.29 is 45.2 Å². The van der Waals surface area contributed by atoms with Crippen molar-refractivity contribution in [2.45, 2.75) is 30.8 Å². The average molecular weight is 616 g/mol. The maximum Gasteiger partial charge on any atom is 0.418 e. The highest BCUT2D eigenvalue weighted by molar-refractivity contribution is 7.89. The van der Waals surface area contributed by atoms with E-state index in [4.69, 9.17) is 4.74 Å². The number of amides is 2. The summed E-state index contributed by atoms with van der Waals surface area (Å²) < 4.78 is 99.9. The minimum Gasteiger partial charge on any atom is -0.588 e. The predicted molar refractivity (Wildman–Crippen MR) is 138 cm³/mol. The molecule has 0 aliphatic carbocycles. The number of nitrogens with zero attached hydrogens (tertiary/aromatic N) is 4. The molecular formula is C26H23F6N5O4S. The van der Waals surface area contributed by atoms with Gasteiger partial charge in [-0.2, -0.15) is 21.9 Å². The number of ether oxygens (including phenoxy) is 1. The van der Waals surface area contributed by atoms with E-state index < -0.39 is 76.9 Å². The van der Waals surface area contributed by atoms with Crippen LogP contribution >= 0.6 is 0 Å². The molecule has 1 N–H and O–H groups in total. The topological polar surface area (TPSA) is 111 Å². The van der Waals surface area contributed by atoms with E-state index in [2.05, 4.69) is 15.3 Å². The molecule has 3 heterocycles. The van der Waals surface area contributed by atoms with Gasteiger partial charge >= 0.3 is 6.18 Å². The Kier molecular flexibility index (Phi) is 8.71. The number of pyridine rings is 2. The van der Waals surface area contributed by atoms with Crippen LogP contribution in [0.25, 0.3) is 0 Å². The quantitative estimate of drug-likeness (QED) is 0.222. The zero-order valence-corrected chi connectivity index (χ0v) is 23.1. The summed E-state index contributed by atoms with van der Waals surface area (Å²) in [6, 6.07) is 7.51. The van der Waals surface area contributed by atoms with Gasteiger partial charge in [0.2, 0.25) is 11.8 Å². The fraction of sp³-hybridized carbons (Fsp3) is 0.308. The smallest absolute Gasteiger partial charge is 0.418 e. The zero-order chi connectivity index (χ0) is 31.0. The summed E-state index contributed by atoms with van der Waals surface area (Å²) in [5.74, 6) is -5.99. The molecule has 224 valence electrons. The average Bonchev–Trinajstić information content (AvgIpc) is 2.87. The van der Waals surface area contributed by atoms with Crippen molar-refractivity contribution in [3.8, 4) is 11.6 Å². The van der Waals surface area contributed by atoms with Gasteiger partial charge < -0.3 is 14.6 Å². The van der Waals surface area contributed by atoms with Gasteiger partial charge in [0.25, 0.3) is 17.7 Å². The predicted octanol–water partition coefficient (Wildman–Crippen LogP) is 4.73. The highest BCUT2D eigenvalue weighted by Gasteiger charge is 2.45. The number of hydrogen-bond acceptors (Lipinski definition) is 7. The highest BCUT2D eigenvalue weighted by Crippen LogP contribution is 2.37. The number of carbonyl (C=O) groups is 2. The maximum atomic E-state index is 13.6. The number of carbonyl (C=O) groups excluding carboxylic acids is 2. The Morgan fingerprint density at radius 2 is 1.88 bits per heavy atom. The first-order valence-corrected chi connectivity index (χ1v) is 13.2. The number of halogens is 6. The molecule has 9 nitrogen and oxygen atoms in total. The first-order chi connectivity index (χ1) is 19.6. The van der Waals surface area contributed by atoms with Crippen LogP contribution in [0.3, 0.4) is 0 Å². The number of aromatic nitrogens is 2. The molecule has 3 aromatic rings. The number of aryl methyl sites for hydroxylation is 1. The second-order valence-corrected chi connectivity index (χ2v) is 10.9. The third-order valence-corrected chi connectivity index (χ3v) is 7.57. The number of likely N-dealkylation sites (tertiary alicyclic amines) is 1. The molecule has 0 saturated carbocycles. The molecule has 1 fully saturated rings. The van der Waals surface area contributed by atoms with E-state index in [0.29, 0.717) is 6.20 Å². The number of benzene rings is 1. The summed E-state index contributed by atoms with van der Waals surface area (Å²) in [6.07, 6.45) is -4.34. The third-order valence-electron chi connectivity index (χ3n) is 6.21. The minimum atomic E-state index is -4.85. The van der Waals surface area contributed by atoms with Gasteiger partial charge in [0.15, 0.2) is 10.6 Å². The van der Waals surface area contributed by atoms with Gasteiger partial charge in [-0.25, -0.2) is 18.7 Å². The number of rotatable bonds is 8. The van der Waals surface area contributed by atoms with E-state index >= 15 is 0 Å². The van der Waals surface area contributed by atoms with Crippen molar-refractivity contribution in [1.82, 2.24) is 19.2 Å². The minimum absolute atomic E-state index is 0.0106. The fourth-order valence-corrected chi connectivity index (χ4v) is 5.06. The number of alkyl halides is 5. The van der Waals surface area contributed by atoms with Gasteiger partial charge in [-0.15, -0.1) is 0 Å². The van der Waals surface area contributed by atoms with E-state index in [1.54, 1.807) is 0 Å². The monoisotopic (exact) mass is 615 g/mol. The van der Waals surface area contributed by atoms with E-state index in [-0.39, 0.29) is 28.6 Å². The molecule has 1 aliphatic rings. The molecular weight excluding hydrogens is 592 g/mol. The van der Waals surface area contributed by atoms with E-state index in [0.717, 1.165) is 17.3 Å². The first-order valence-electron chi connectivity index (χ1n) is 12.1. The van der Waals surface area contributed by atoms with Crippen LogP contribution in [0.5, 0.6) is 11.6 Å². The van der Waals surface area contributed by atoms with E-state index in [1.807, 2.05) is 0 Å². The molecule has 0 bridgehead atoms. The summed E-state index contributed by atoms with van der Waals surface area (Å²) in [5, 5.41) is 2.42. The largest absolute Gasteiger partial charge is 0.588 e. The van der Waals surface area contributed by atoms with Gasteiger partial charge in [0.05, 0.1) is 37.9 Å². The van der Waals surface area contributed by atoms with Crippen molar-refractivity contribution in [3.63, 3.8) is 0 Å². The molecule has 2 aromatic heterocycles. The molecule has 42 heavy (non-hydrogen) atoms. The lowest BCUT2D eigenvalue weighted by Crippen LogP contribution is -2.58. The van der Waals surface area contributed by atoms with Gasteiger partial charge in [-0.3, -0.25) is 14.5 Å². The van der Waals surface area contributed by atoms with Crippen LogP contribution in [-0.4, -0.2) is 68.1 Å². The lowest BCUT2D eigenvalue weighted by atomic mass is 10.0. The summed E-state index contributed by atoms with van der Waals surface area (Å²) in [4.78, 5) is 34.3. The van der Waals surface area contributed by atoms with Crippen LogP contribution in [0.1, 0.15) is 27.2 Å². The van der Waals surface area contributed by atoms with Crippen molar-refractivity contribution >= 4 is 28.9 Å². The number of anilines is 1. The van der Waals surface area contributed by atoms with Crippen LogP contribution in [-0.2, 0) is 22.3 Å². The second-order valence-electron chi connectivity index (χ2n) is 9.42. The Balaban J connectivity index is 1.58.